The normalized spacial score (nSPS) is 11.7. The lowest BCUT2D eigenvalue weighted by molar-refractivity contribution is 0.627. The molecule has 0 aromatic heterocycles. The van der Waals surface area contributed by atoms with Gasteiger partial charge in [0.15, 0.2) is 0 Å². The summed E-state index contributed by atoms with van der Waals surface area (Å²) in [5.41, 5.74) is 13.4. The summed E-state index contributed by atoms with van der Waals surface area (Å²) >= 11 is 8.44. The van der Waals surface area contributed by atoms with E-state index < -0.39 is 0 Å². The van der Waals surface area contributed by atoms with E-state index in [4.69, 9.17) is 11.6 Å². The van der Waals surface area contributed by atoms with Gasteiger partial charge in [-0.05, 0) is 141 Å². The van der Waals surface area contributed by atoms with Crippen molar-refractivity contribution in [2.45, 2.75) is 29.1 Å². The number of halogens is 3. The summed E-state index contributed by atoms with van der Waals surface area (Å²) in [5.74, 6) is -0.565. The highest BCUT2D eigenvalue weighted by Gasteiger charge is 2.27. The molecule has 238 valence electrons. The summed E-state index contributed by atoms with van der Waals surface area (Å²) in [5, 5.41) is 0.750. The topological polar surface area (TPSA) is 0 Å². The first kappa shape index (κ1) is 31.3. The van der Waals surface area contributed by atoms with Gasteiger partial charge >= 0.3 is 0 Å². The molecule has 4 heteroatoms. The van der Waals surface area contributed by atoms with Gasteiger partial charge in [-0.3, -0.25) is 0 Å². The van der Waals surface area contributed by atoms with E-state index in [2.05, 4.69) is 97.1 Å². The summed E-state index contributed by atoms with van der Waals surface area (Å²) in [6.07, 6.45) is 2.68. The van der Waals surface area contributed by atoms with Gasteiger partial charge in [0.05, 0.1) is 5.02 Å². The zero-order valence-electron chi connectivity index (χ0n) is 26.6. The van der Waals surface area contributed by atoms with E-state index in [0.29, 0.717) is 0 Å². The minimum Gasteiger partial charge on any atom is -0.207 e. The van der Waals surface area contributed by atoms with E-state index in [1.165, 1.54) is 57.6 Å². The van der Waals surface area contributed by atoms with E-state index >= 15 is 0 Å². The molecule has 0 heterocycles. The highest BCUT2D eigenvalue weighted by Crippen LogP contribution is 2.50. The third kappa shape index (κ3) is 6.45. The van der Waals surface area contributed by atoms with Crippen LogP contribution in [0.5, 0.6) is 0 Å². The first-order valence-electron chi connectivity index (χ1n) is 16.4. The van der Waals surface area contributed by atoms with Gasteiger partial charge in [-0.1, -0.05) is 120 Å². The van der Waals surface area contributed by atoms with E-state index in [0.717, 1.165) is 67.5 Å². The first-order valence-corrected chi connectivity index (χ1v) is 17.6. The first-order chi connectivity index (χ1) is 24.0. The molecule has 0 unspecified atom stereocenters. The second kappa shape index (κ2) is 13.5. The summed E-state index contributed by atoms with van der Waals surface area (Å²) in [4.78, 5) is 2.09. The molecule has 0 radical (unpaired) electrons. The van der Waals surface area contributed by atoms with Crippen molar-refractivity contribution >= 4 is 23.4 Å². The molecule has 0 amide bonds. The molecule has 1 aliphatic rings. The summed E-state index contributed by atoms with van der Waals surface area (Å²) < 4.78 is 28.4. The Morgan fingerprint density at radius 1 is 0.510 bits per heavy atom. The molecule has 0 N–H and O–H groups in total. The molecule has 0 atom stereocenters. The Balaban J connectivity index is 1.18. The lowest BCUT2D eigenvalue weighted by Crippen LogP contribution is -1.97. The molecule has 49 heavy (non-hydrogen) atoms. The molecule has 0 fully saturated rings. The zero-order valence-corrected chi connectivity index (χ0v) is 28.2. The molecule has 8 rings (SSSR count). The molecule has 0 nitrogen and oxygen atoms in total. The fraction of sp³-hybridized carbons (Fsp3) is 0.0667. The second-order valence-corrected chi connectivity index (χ2v) is 13.9. The van der Waals surface area contributed by atoms with Crippen LogP contribution in [-0.4, -0.2) is 0 Å². The van der Waals surface area contributed by atoms with Gasteiger partial charge in [0, 0.05) is 9.79 Å². The van der Waals surface area contributed by atoms with Gasteiger partial charge < -0.3 is 0 Å². The maximum absolute atomic E-state index is 14.2. The Hall–Kier alpha value is -4.96. The monoisotopic (exact) mass is 676 g/mol. The van der Waals surface area contributed by atoms with Gasteiger partial charge in [-0.15, -0.1) is 0 Å². The number of hydrogen-bond donors (Lipinski definition) is 0. The van der Waals surface area contributed by atoms with Crippen molar-refractivity contribution < 1.29 is 8.78 Å². The lowest BCUT2D eigenvalue weighted by atomic mass is 9.82. The molecule has 0 aliphatic heterocycles. The van der Waals surface area contributed by atoms with Gasteiger partial charge in [0.25, 0.3) is 0 Å². The maximum atomic E-state index is 14.2. The Kier molecular flexibility index (Phi) is 8.63. The molecule has 0 saturated heterocycles. The molecule has 0 saturated carbocycles. The second-order valence-electron chi connectivity index (χ2n) is 12.4. The van der Waals surface area contributed by atoms with Crippen LogP contribution >= 0.6 is 23.4 Å². The van der Waals surface area contributed by atoms with Crippen LogP contribution in [0.4, 0.5) is 8.78 Å². The predicted octanol–water partition coefficient (Wildman–Crippen LogP) is 13.1. The van der Waals surface area contributed by atoms with Gasteiger partial charge in [0.1, 0.15) is 11.6 Å². The molecule has 7 aromatic carbocycles. The molecular formula is C45H31ClF2S. The molecular weight excluding hydrogens is 646 g/mol. The summed E-state index contributed by atoms with van der Waals surface area (Å²) in [6, 6.07) is 49.6. The van der Waals surface area contributed by atoms with Crippen LogP contribution in [0.15, 0.2) is 161 Å². The van der Waals surface area contributed by atoms with Crippen LogP contribution in [0.2, 0.25) is 5.02 Å². The number of fused-ring (bicyclic) bond motifs is 3. The van der Waals surface area contributed by atoms with E-state index in [1.54, 1.807) is 11.8 Å². The predicted molar refractivity (Wildman–Crippen MR) is 200 cm³/mol. The summed E-state index contributed by atoms with van der Waals surface area (Å²) in [7, 11) is 0. The van der Waals surface area contributed by atoms with E-state index in [1.807, 2.05) is 30.3 Å². The number of benzene rings is 7. The Bertz CT molecular complexity index is 2280. The fourth-order valence-electron chi connectivity index (χ4n) is 6.90. The van der Waals surface area contributed by atoms with Gasteiger partial charge in [0.2, 0.25) is 0 Å². The molecule has 7 aromatic rings. The highest BCUT2D eigenvalue weighted by molar-refractivity contribution is 7.99. The van der Waals surface area contributed by atoms with Crippen molar-refractivity contribution in [2.24, 2.45) is 0 Å². The maximum Gasteiger partial charge on any atom is 0.123 e. The van der Waals surface area contributed by atoms with Crippen molar-refractivity contribution in [1.82, 2.24) is 0 Å². The van der Waals surface area contributed by atoms with E-state index in [9.17, 15) is 8.78 Å². The molecule has 0 spiro atoms. The van der Waals surface area contributed by atoms with Crippen molar-refractivity contribution in [3.8, 4) is 44.5 Å². The smallest absolute Gasteiger partial charge is 0.123 e. The average Bonchev–Trinajstić information content (AvgIpc) is 3.51. The largest absolute Gasteiger partial charge is 0.207 e. The standard InChI is InChI=1S/C45H31ClF2S/c46-42-26-30(11-10-29-6-2-1-3-7-29)12-25-43(42)49-37-23-17-31(18-24-37)39-28-40-38-9-5-4-8-34(38)27-41(40)45(33-15-21-36(48)22-16-33)44(39)32-13-19-35(47)20-14-32/h1-9,12-26,28H,10-11,27H2. The summed E-state index contributed by atoms with van der Waals surface area (Å²) in [6.45, 7) is 0. The van der Waals surface area contributed by atoms with Crippen LogP contribution in [0.1, 0.15) is 22.3 Å². The minimum absolute atomic E-state index is 0.279. The third-order valence-corrected chi connectivity index (χ3v) is 10.8. The van der Waals surface area contributed by atoms with Crippen molar-refractivity contribution in [2.75, 3.05) is 0 Å². The van der Waals surface area contributed by atoms with Crippen LogP contribution in [-0.2, 0) is 19.3 Å². The van der Waals surface area contributed by atoms with Crippen LogP contribution < -0.4 is 0 Å². The quantitative estimate of drug-likeness (QED) is 0.154. The number of aryl methyl sites for hydroxylation is 2. The average molecular weight is 677 g/mol. The number of rotatable bonds is 8. The SMILES string of the molecule is Fc1ccc(-c2c(-c3ccc(Sc4ccc(CCc5ccccc5)cc4Cl)cc3)cc3c(c2-c2ccc(F)cc2)Cc2ccccc2-3)cc1. The third-order valence-electron chi connectivity index (χ3n) is 9.31. The molecule has 1 aliphatic carbocycles. The fourth-order valence-corrected chi connectivity index (χ4v) is 8.04. The van der Waals surface area contributed by atoms with Crippen LogP contribution in [0, 0.1) is 11.6 Å². The van der Waals surface area contributed by atoms with Crippen molar-refractivity contribution in [3.63, 3.8) is 0 Å². The highest BCUT2D eigenvalue weighted by atomic mass is 35.5. The molecule has 0 bridgehead atoms. The minimum atomic E-state index is -0.286. The Morgan fingerprint density at radius 2 is 1.12 bits per heavy atom. The Morgan fingerprint density at radius 3 is 1.82 bits per heavy atom. The zero-order chi connectivity index (χ0) is 33.3. The van der Waals surface area contributed by atoms with Gasteiger partial charge in [-0.25, -0.2) is 8.78 Å². The van der Waals surface area contributed by atoms with Crippen LogP contribution in [0.25, 0.3) is 44.5 Å². The van der Waals surface area contributed by atoms with Crippen molar-refractivity contribution in [3.05, 3.63) is 191 Å². The number of hydrogen-bond acceptors (Lipinski definition) is 1. The Labute approximate surface area is 295 Å². The lowest BCUT2D eigenvalue weighted by Gasteiger charge is -2.21. The van der Waals surface area contributed by atoms with Gasteiger partial charge in [-0.2, -0.15) is 0 Å². The van der Waals surface area contributed by atoms with Crippen molar-refractivity contribution in [1.29, 1.82) is 0 Å². The van der Waals surface area contributed by atoms with E-state index in [-0.39, 0.29) is 11.6 Å². The van der Waals surface area contributed by atoms with Crippen LogP contribution in [0.3, 0.4) is 0 Å².